The molecule has 3 N–H and O–H groups in total. The normalized spacial score (nSPS) is 10.5. The highest BCUT2D eigenvalue weighted by Gasteiger charge is 2.11. The quantitative estimate of drug-likeness (QED) is 0.639. The number of nitrogens with zero attached hydrogens (tertiary/aromatic N) is 3. The number of hydrogen-bond donors (Lipinski definition) is 3. The summed E-state index contributed by atoms with van der Waals surface area (Å²) in [6.45, 7) is 0.506. The fourth-order valence-electron chi connectivity index (χ4n) is 2.12. The van der Waals surface area contributed by atoms with E-state index in [-0.39, 0.29) is 11.7 Å². The summed E-state index contributed by atoms with van der Waals surface area (Å²) in [6.07, 6.45) is 2.38. The third-order valence-corrected chi connectivity index (χ3v) is 4.19. The zero-order valence-corrected chi connectivity index (χ0v) is 13.9. The number of phenols is 1. The molecular formula is C16H17N5O2S. The van der Waals surface area contributed by atoms with E-state index in [1.54, 1.807) is 28.4 Å². The van der Waals surface area contributed by atoms with Gasteiger partial charge in [0, 0.05) is 25.0 Å². The van der Waals surface area contributed by atoms with Gasteiger partial charge in [-0.1, -0.05) is 12.1 Å². The van der Waals surface area contributed by atoms with Crippen LogP contribution in [0.4, 0.5) is 10.9 Å². The van der Waals surface area contributed by atoms with Crippen LogP contribution in [0.5, 0.6) is 5.75 Å². The first-order valence-electron chi connectivity index (χ1n) is 7.38. The van der Waals surface area contributed by atoms with Gasteiger partial charge >= 0.3 is 0 Å². The van der Waals surface area contributed by atoms with E-state index >= 15 is 0 Å². The van der Waals surface area contributed by atoms with Crippen molar-refractivity contribution in [3.05, 3.63) is 53.2 Å². The van der Waals surface area contributed by atoms with Crippen LogP contribution in [0.2, 0.25) is 0 Å². The van der Waals surface area contributed by atoms with Gasteiger partial charge in [-0.15, -0.1) is 11.3 Å². The molecule has 0 spiro atoms. The number of carbonyl (C=O) groups is 1. The molecule has 0 unspecified atom stereocenters. The topological polar surface area (TPSA) is 92.1 Å². The minimum absolute atomic E-state index is 0.205. The van der Waals surface area contributed by atoms with Crippen molar-refractivity contribution in [1.82, 2.24) is 20.1 Å². The second-order valence-electron chi connectivity index (χ2n) is 5.18. The van der Waals surface area contributed by atoms with Crippen molar-refractivity contribution in [2.24, 2.45) is 7.05 Å². The molecule has 2 heterocycles. The number of thiazole rings is 1. The van der Waals surface area contributed by atoms with Crippen LogP contribution >= 0.6 is 11.3 Å². The highest BCUT2D eigenvalue weighted by atomic mass is 32.1. The average molecular weight is 343 g/mol. The number of phenolic OH excluding ortho intramolecular Hbond substituents is 1. The van der Waals surface area contributed by atoms with Gasteiger partial charge in [0.1, 0.15) is 17.3 Å². The molecule has 3 rings (SSSR count). The molecule has 0 atom stereocenters. The van der Waals surface area contributed by atoms with E-state index in [2.05, 4.69) is 20.7 Å². The lowest BCUT2D eigenvalue weighted by Gasteiger charge is -2.04. The molecule has 2 aromatic heterocycles. The van der Waals surface area contributed by atoms with E-state index in [0.29, 0.717) is 23.8 Å². The lowest BCUT2D eigenvalue weighted by Crippen LogP contribution is -2.25. The number of hydrogen-bond acceptors (Lipinski definition) is 6. The zero-order chi connectivity index (χ0) is 16.9. The minimum Gasteiger partial charge on any atom is -0.508 e. The Balaban J connectivity index is 1.52. The molecule has 24 heavy (non-hydrogen) atoms. The molecule has 1 aromatic carbocycles. The molecule has 1 amide bonds. The molecule has 0 aliphatic rings. The Morgan fingerprint density at radius 2 is 2.08 bits per heavy atom. The Kier molecular flexibility index (Phi) is 4.76. The van der Waals surface area contributed by atoms with Crippen LogP contribution < -0.4 is 10.6 Å². The van der Waals surface area contributed by atoms with Crippen LogP contribution in [0, 0.1) is 0 Å². The standard InChI is InChI=1S/C16H17N5O2S/c1-21-14(7-9-18-21)20-16-19-13(10-24-16)15(23)17-8-6-11-2-4-12(22)5-3-11/h2-5,7,9-10,22H,6,8H2,1H3,(H,17,23)(H,19,20). The van der Waals surface area contributed by atoms with Crippen molar-refractivity contribution in [2.45, 2.75) is 6.42 Å². The molecule has 0 radical (unpaired) electrons. The monoisotopic (exact) mass is 343 g/mol. The largest absolute Gasteiger partial charge is 0.508 e. The van der Waals surface area contributed by atoms with Gasteiger partial charge in [-0.05, 0) is 24.1 Å². The maximum Gasteiger partial charge on any atom is 0.270 e. The summed E-state index contributed by atoms with van der Waals surface area (Å²) < 4.78 is 1.69. The van der Waals surface area contributed by atoms with Gasteiger partial charge in [0.25, 0.3) is 5.91 Å². The number of carbonyl (C=O) groups excluding carboxylic acids is 1. The fourth-order valence-corrected chi connectivity index (χ4v) is 2.81. The molecule has 0 aliphatic heterocycles. The summed E-state index contributed by atoms with van der Waals surface area (Å²) >= 11 is 1.36. The summed E-state index contributed by atoms with van der Waals surface area (Å²) in [6, 6.07) is 8.77. The van der Waals surface area contributed by atoms with Gasteiger partial charge in [-0.3, -0.25) is 9.48 Å². The summed E-state index contributed by atoms with van der Waals surface area (Å²) in [5, 5.41) is 21.6. The number of amides is 1. The number of anilines is 2. The van der Waals surface area contributed by atoms with E-state index in [4.69, 9.17) is 0 Å². The van der Waals surface area contributed by atoms with Crippen molar-refractivity contribution in [2.75, 3.05) is 11.9 Å². The van der Waals surface area contributed by atoms with Crippen molar-refractivity contribution in [3.8, 4) is 5.75 Å². The van der Waals surface area contributed by atoms with Crippen LogP contribution in [0.3, 0.4) is 0 Å². The van der Waals surface area contributed by atoms with Crippen molar-refractivity contribution in [3.63, 3.8) is 0 Å². The smallest absolute Gasteiger partial charge is 0.270 e. The van der Waals surface area contributed by atoms with E-state index in [1.165, 1.54) is 11.3 Å². The van der Waals surface area contributed by atoms with Gasteiger partial charge in [-0.25, -0.2) is 4.98 Å². The lowest BCUT2D eigenvalue weighted by molar-refractivity contribution is 0.0950. The number of aromatic hydroxyl groups is 1. The van der Waals surface area contributed by atoms with Crippen molar-refractivity contribution < 1.29 is 9.90 Å². The van der Waals surface area contributed by atoms with Gasteiger partial charge < -0.3 is 15.7 Å². The first-order valence-corrected chi connectivity index (χ1v) is 8.26. The maximum absolute atomic E-state index is 12.1. The second-order valence-corrected chi connectivity index (χ2v) is 6.03. The average Bonchev–Trinajstić information content (AvgIpc) is 3.19. The Morgan fingerprint density at radius 3 is 2.79 bits per heavy atom. The number of aryl methyl sites for hydroxylation is 1. The van der Waals surface area contributed by atoms with Gasteiger partial charge in [0.2, 0.25) is 0 Å². The van der Waals surface area contributed by atoms with Crippen LogP contribution in [0.15, 0.2) is 41.9 Å². The third-order valence-electron chi connectivity index (χ3n) is 3.43. The van der Waals surface area contributed by atoms with E-state index < -0.39 is 0 Å². The molecule has 0 fully saturated rings. The van der Waals surface area contributed by atoms with Crippen LogP contribution in [-0.4, -0.2) is 32.3 Å². The fraction of sp³-hybridized carbons (Fsp3) is 0.188. The third kappa shape index (κ3) is 3.90. The lowest BCUT2D eigenvalue weighted by atomic mass is 10.1. The van der Waals surface area contributed by atoms with Gasteiger partial charge in [0.05, 0.1) is 6.20 Å². The number of aromatic nitrogens is 3. The summed E-state index contributed by atoms with van der Waals surface area (Å²) in [5.74, 6) is 0.838. The van der Waals surface area contributed by atoms with Crippen LogP contribution in [0.25, 0.3) is 0 Å². The Bertz CT molecular complexity index is 825. The number of benzene rings is 1. The molecular weight excluding hydrogens is 326 g/mol. The SMILES string of the molecule is Cn1nccc1Nc1nc(C(=O)NCCc2ccc(O)cc2)cs1. The predicted octanol–water partition coefficient (Wildman–Crippen LogP) is 2.30. The number of rotatable bonds is 6. The first-order chi connectivity index (χ1) is 11.6. The summed E-state index contributed by atoms with van der Waals surface area (Å²) in [5.41, 5.74) is 1.43. The predicted molar refractivity (Wildman–Crippen MR) is 92.7 cm³/mol. The Morgan fingerprint density at radius 1 is 1.29 bits per heavy atom. The molecule has 0 saturated heterocycles. The zero-order valence-electron chi connectivity index (χ0n) is 13.1. The Hall–Kier alpha value is -2.87. The van der Waals surface area contributed by atoms with Crippen molar-refractivity contribution in [1.29, 1.82) is 0 Å². The first kappa shape index (κ1) is 16.0. The van der Waals surface area contributed by atoms with Crippen molar-refractivity contribution >= 4 is 28.2 Å². The van der Waals surface area contributed by atoms with Crippen LogP contribution in [-0.2, 0) is 13.5 Å². The summed E-state index contributed by atoms with van der Waals surface area (Å²) in [4.78, 5) is 16.4. The molecule has 0 bridgehead atoms. The van der Waals surface area contributed by atoms with E-state index in [1.807, 2.05) is 25.2 Å². The second kappa shape index (κ2) is 7.14. The van der Waals surface area contributed by atoms with Gasteiger partial charge in [-0.2, -0.15) is 5.10 Å². The molecule has 7 nitrogen and oxygen atoms in total. The molecule has 8 heteroatoms. The molecule has 0 aliphatic carbocycles. The summed E-state index contributed by atoms with van der Waals surface area (Å²) in [7, 11) is 1.83. The number of nitrogens with one attached hydrogen (secondary N) is 2. The van der Waals surface area contributed by atoms with E-state index in [0.717, 1.165) is 11.4 Å². The highest BCUT2D eigenvalue weighted by Crippen LogP contribution is 2.20. The van der Waals surface area contributed by atoms with Crippen LogP contribution in [0.1, 0.15) is 16.1 Å². The molecule has 124 valence electrons. The van der Waals surface area contributed by atoms with E-state index in [9.17, 15) is 9.90 Å². The molecule has 0 saturated carbocycles. The minimum atomic E-state index is -0.205. The molecule has 3 aromatic rings. The maximum atomic E-state index is 12.1. The Labute approximate surface area is 143 Å². The van der Waals surface area contributed by atoms with Gasteiger partial charge in [0.15, 0.2) is 5.13 Å². The highest BCUT2D eigenvalue weighted by molar-refractivity contribution is 7.14.